The first-order valence-electron chi connectivity index (χ1n) is 7.11. The Kier molecular flexibility index (Phi) is 2.51. The molecule has 4 nitrogen and oxygen atoms in total. The quantitative estimate of drug-likeness (QED) is 0.645. The van der Waals surface area contributed by atoms with E-state index in [1.165, 1.54) is 10.5 Å². The molecule has 0 aliphatic carbocycles. The second kappa shape index (κ2) is 4.31. The molecule has 0 spiro atoms. The van der Waals surface area contributed by atoms with Gasteiger partial charge < -0.3 is 4.57 Å². The molecule has 3 aromatic rings. The van der Waals surface area contributed by atoms with Crippen molar-refractivity contribution < 1.29 is 9.59 Å². The van der Waals surface area contributed by atoms with Crippen molar-refractivity contribution in [2.24, 2.45) is 7.05 Å². The van der Waals surface area contributed by atoms with E-state index in [2.05, 4.69) is 0 Å². The van der Waals surface area contributed by atoms with Crippen molar-refractivity contribution in [2.45, 2.75) is 6.92 Å². The minimum Gasteiger partial charge on any atom is -0.350 e. The maximum atomic E-state index is 12.5. The summed E-state index contributed by atoms with van der Waals surface area (Å²) >= 11 is 0. The van der Waals surface area contributed by atoms with Crippen molar-refractivity contribution in [3.05, 3.63) is 65.4 Å². The van der Waals surface area contributed by atoms with Crippen LogP contribution in [0.4, 0.5) is 5.69 Å². The van der Waals surface area contributed by atoms with E-state index >= 15 is 0 Å². The number of aromatic nitrogens is 1. The van der Waals surface area contributed by atoms with Gasteiger partial charge in [0.2, 0.25) is 0 Å². The number of benzene rings is 2. The van der Waals surface area contributed by atoms with Crippen LogP contribution in [-0.4, -0.2) is 16.4 Å². The first-order chi connectivity index (χ1) is 10.6. The van der Waals surface area contributed by atoms with Gasteiger partial charge in [-0.1, -0.05) is 18.2 Å². The third-order valence-electron chi connectivity index (χ3n) is 4.23. The zero-order valence-corrected chi connectivity index (χ0v) is 12.3. The summed E-state index contributed by atoms with van der Waals surface area (Å²) < 4.78 is 2.01. The molecule has 22 heavy (non-hydrogen) atoms. The summed E-state index contributed by atoms with van der Waals surface area (Å²) in [5.41, 5.74) is 3.73. The molecule has 0 unspecified atom stereocenters. The Balaban J connectivity index is 1.88. The smallest absolute Gasteiger partial charge is 0.266 e. The van der Waals surface area contributed by atoms with Crippen LogP contribution < -0.4 is 4.90 Å². The molecule has 4 heteroatoms. The van der Waals surface area contributed by atoms with Gasteiger partial charge in [-0.3, -0.25) is 9.59 Å². The minimum absolute atomic E-state index is 0.258. The van der Waals surface area contributed by atoms with Gasteiger partial charge in [-0.05, 0) is 36.8 Å². The summed E-state index contributed by atoms with van der Waals surface area (Å²) in [6, 6.07) is 12.6. The van der Waals surface area contributed by atoms with Gasteiger partial charge in [0.1, 0.15) is 0 Å². The maximum Gasteiger partial charge on any atom is 0.266 e. The van der Waals surface area contributed by atoms with Gasteiger partial charge >= 0.3 is 0 Å². The fourth-order valence-electron chi connectivity index (χ4n) is 3.14. The van der Waals surface area contributed by atoms with Crippen LogP contribution in [0.1, 0.15) is 26.3 Å². The van der Waals surface area contributed by atoms with Gasteiger partial charge in [0.05, 0.1) is 22.3 Å². The fraction of sp³-hybridized carbons (Fsp3) is 0.111. The lowest BCUT2D eigenvalue weighted by atomic mass is 10.1. The molecule has 0 saturated heterocycles. The number of nitrogens with zero attached hydrogens (tertiary/aromatic N) is 2. The largest absolute Gasteiger partial charge is 0.350 e. The average molecular weight is 290 g/mol. The number of aryl methyl sites for hydroxylation is 2. The zero-order valence-electron chi connectivity index (χ0n) is 12.3. The minimum atomic E-state index is -0.258. The molecule has 0 fully saturated rings. The Labute approximate surface area is 127 Å². The van der Waals surface area contributed by atoms with E-state index < -0.39 is 0 Å². The maximum absolute atomic E-state index is 12.5. The summed E-state index contributed by atoms with van der Waals surface area (Å²) in [6.07, 6.45) is 2.04. The number of carbonyl (C=O) groups excluding carboxylic acids is 2. The molecule has 1 aliphatic rings. The summed E-state index contributed by atoms with van der Waals surface area (Å²) in [5, 5.41) is 1.13. The lowest BCUT2D eigenvalue weighted by Crippen LogP contribution is -2.29. The molecule has 1 aromatic heterocycles. The Morgan fingerprint density at radius 3 is 2.18 bits per heavy atom. The van der Waals surface area contributed by atoms with E-state index in [0.717, 1.165) is 10.9 Å². The number of hydrogen-bond donors (Lipinski definition) is 0. The van der Waals surface area contributed by atoms with Gasteiger partial charge in [0.15, 0.2) is 0 Å². The van der Waals surface area contributed by atoms with Crippen LogP contribution in [0.3, 0.4) is 0 Å². The fourth-order valence-corrected chi connectivity index (χ4v) is 3.14. The number of anilines is 1. The van der Waals surface area contributed by atoms with E-state index in [1.807, 2.05) is 42.9 Å². The zero-order chi connectivity index (χ0) is 15.4. The molecule has 0 saturated carbocycles. The van der Waals surface area contributed by atoms with Gasteiger partial charge in [0.25, 0.3) is 11.8 Å². The molecule has 2 amide bonds. The van der Waals surface area contributed by atoms with Crippen LogP contribution in [0.25, 0.3) is 10.9 Å². The number of amides is 2. The topological polar surface area (TPSA) is 42.3 Å². The van der Waals surface area contributed by atoms with E-state index in [-0.39, 0.29) is 11.8 Å². The highest BCUT2D eigenvalue weighted by atomic mass is 16.2. The number of imide groups is 1. The third kappa shape index (κ3) is 1.58. The van der Waals surface area contributed by atoms with Crippen molar-refractivity contribution in [3.63, 3.8) is 0 Å². The van der Waals surface area contributed by atoms with Crippen LogP contribution in [0.2, 0.25) is 0 Å². The SMILES string of the molecule is Cc1cn(C)c2cc(N3C(=O)c4ccccc4C3=O)ccc12. The van der Waals surface area contributed by atoms with E-state index in [1.54, 1.807) is 24.3 Å². The van der Waals surface area contributed by atoms with E-state index in [4.69, 9.17) is 0 Å². The van der Waals surface area contributed by atoms with Gasteiger partial charge in [0, 0.05) is 18.6 Å². The molecule has 0 N–H and O–H groups in total. The number of hydrogen-bond acceptors (Lipinski definition) is 2. The Hall–Kier alpha value is -2.88. The van der Waals surface area contributed by atoms with Crippen molar-refractivity contribution in [2.75, 3.05) is 4.90 Å². The van der Waals surface area contributed by atoms with Crippen molar-refractivity contribution in [1.29, 1.82) is 0 Å². The Bertz CT molecular complexity index is 918. The predicted molar refractivity (Wildman–Crippen MR) is 85.2 cm³/mol. The highest BCUT2D eigenvalue weighted by Crippen LogP contribution is 2.31. The van der Waals surface area contributed by atoms with Crippen LogP contribution in [-0.2, 0) is 7.05 Å². The average Bonchev–Trinajstić information content (AvgIpc) is 2.95. The standard InChI is InChI=1S/C18H14N2O2/c1-11-10-19(2)16-9-12(7-8-13(11)16)20-17(21)14-5-3-4-6-15(14)18(20)22/h3-10H,1-2H3. The van der Waals surface area contributed by atoms with Crippen LogP contribution >= 0.6 is 0 Å². The number of carbonyl (C=O) groups is 2. The van der Waals surface area contributed by atoms with Gasteiger partial charge in [-0.25, -0.2) is 4.90 Å². The molecule has 0 atom stereocenters. The molecule has 108 valence electrons. The molecule has 4 rings (SSSR count). The van der Waals surface area contributed by atoms with Crippen molar-refractivity contribution in [3.8, 4) is 0 Å². The van der Waals surface area contributed by atoms with Crippen molar-refractivity contribution >= 4 is 28.4 Å². The van der Waals surface area contributed by atoms with Gasteiger partial charge in [-0.15, -0.1) is 0 Å². The molecule has 0 radical (unpaired) electrons. The monoisotopic (exact) mass is 290 g/mol. The highest BCUT2D eigenvalue weighted by molar-refractivity contribution is 6.34. The second-order valence-corrected chi connectivity index (χ2v) is 5.62. The molecular weight excluding hydrogens is 276 g/mol. The van der Waals surface area contributed by atoms with Crippen LogP contribution in [0.15, 0.2) is 48.7 Å². The van der Waals surface area contributed by atoms with E-state index in [9.17, 15) is 9.59 Å². The van der Waals surface area contributed by atoms with E-state index in [0.29, 0.717) is 16.8 Å². The molecule has 1 aliphatic heterocycles. The molecule has 0 bridgehead atoms. The third-order valence-corrected chi connectivity index (χ3v) is 4.23. The van der Waals surface area contributed by atoms with Gasteiger partial charge in [-0.2, -0.15) is 0 Å². The first-order valence-corrected chi connectivity index (χ1v) is 7.11. The first kappa shape index (κ1) is 12.8. The Morgan fingerprint density at radius 1 is 0.909 bits per heavy atom. The summed E-state index contributed by atoms with van der Waals surface area (Å²) in [6.45, 7) is 2.05. The molecule has 2 aromatic carbocycles. The number of fused-ring (bicyclic) bond motifs is 2. The van der Waals surface area contributed by atoms with Crippen LogP contribution in [0, 0.1) is 6.92 Å². The summed E-state index contributed by atoms with van der Waals surface area (Å²) in [4.78, 5) is 26.3. The van der Waals surface area contributed by atoms with Crippen molar-refractivity contribution in [1.82, 2.24) is 4.57 Å². The lowest BCUT2D eigenvalue weighted by molar-refractivity contribution is 0.0926. The summed E-state index contributed by atoms with van der Waals surface area (Å²) in [7, 11) is 1.96. The highest BCUT2D eigenvalue weighted by Gasteiger charge is 2.36. The Morgan fingerprint density at radius 2 is 1.55 bits per heavy atom. The molecular formula is C18H14N2O2. The predicted octanol–water partition coefficient (Wildman–Crippen LogP) is 3.29. The normalized spacial score (nSPS) is 14.0. The molecule has 2 heterocycles. The second-order valence-electron chi connectivity index (χ2n) is 5.62. The summed E-state index contributed by atoms with van der Waals surface area (Å²) in [5.74, 6) is -0.517. The van der Waals surface area contributed by atoms with Crippen LogP contribution in [0.5, 0.6) is 0 Å². The lowest BCUT2D eigenvalue weighted by Gasteiger charge is -2.14. The number of rotatable bonds is 1.